The van der Waals surface area contributed by atoms with Gasteiger partial charge in [0.2, 0.25) is 0 Å². The smallest absolute Gasteiger partial charge is 0.119 e. The Morgan fingerprint density at radius 1 is 0.576 bits per heavy atom. The number of hydrogen-bond donors (Lipinski definition) is 2. The van der Waals surface area contributed by atoms with Gasteiger partial charge >= 0.3 is 0 Å². The number of benzene rings is 4. The quantitative estimate of drug-likeness (QED) is 0.341. The summed E-state index contributed by atoms with van der Waals surface area (Å²) in [5.41, 5.74) is 19.7. The molecule has 0 amide bonds. The molecule has 2 unspecified atom stereocenters. The minimum Gasteiger partial charge on any atom is -0.492 e. The van der Waals surface area contributed by atoms with Crippen molar-refractivity contribution in [2.75, 3.05) is 13.2 Å². The Labute approximate surface area is 194 Å². The predicted molar refractivity (Wildman–Crippen MR) is 132 cm³/mol. The molecule has 4 aromatic rings. The Morgan fingerprint density at radius 2 is 1.00 bits per heavy atom. The molecular formula is C29H28N2O2. The van der Waals surface area contributed by atoms with Gasteiger partial charge in [0.1, 0.15) is 24.7 Å². The van der Waals surface area contributed by atoms with E-state index in [9.17, 15) is 0 Å². The third-order valence-corrected chi connectivity index (χ3v) is 6.14. The molecule has 0 heterocycles. The fraction of sp³-hybridized carbons (Fsp3) is 0.172. The Balaban J connectivity index is 1.22. The highest BCUT2D eigenvalue weighted by molar-refractivity contribution is 5.78. The fourth-order valence-corrected chi connectivity index (χ4v) is 4.31. The summed E-state index contributed by atoms with van der Waals surface area (Å²) in [5.74, 6) is 1.69. The highest BCUT2D eigenvalue weighted by Gasteiger charge is 2.20. The highest BCUT2D eigenvalue weighted by Crippen LogP contribution is 2.40. The van der Waals surface area contributed by atoms with Crippen LogP contribution in [0.3, 0.4) is 0 Å². The first kappa shape index (κ1) is 21.3. The molecule has 0 radical (unpaired) electrons. The van der Waals surface area contributed by atoms with E-state index in [1.54, 1.807) is 0 Å². The molecule has 5 rings (SSSR count). The molecule has 4 aromatic carbocycles. The summed E-state index contributed by atoms with van der Waals surface area (Å²) in [4.78, 5) is 0. The fourth-order valence-electron chi connectivity index (χ4n) is 4.31. The van der Waals surface area contributed by atoms with Crippen LogP contribution in [-0.2, 0) is 6.42 Å². The summed E-state index contributed by atoms with van der Waals surface area (Å²) in [6.45, 7) is 0.880. The second-order valence-corrected chi connectivity index (χ2v) is 8.47. The van der Waals surface area contributed by atoms with E-state index in [1.807, 2.05) is 72.8 Å². The van der Waals surface area contributed by atoms with Crippen molar-refractivity contribution in [1.82, 2.24) is 0 Å². The molecule has 2 atom stereocenters. The van der Waals surface area contributed by atoms with Crippen molar-refractivity contribution in [2.45, 2.75) is 18.5 Å². The zero-order chi connectivity index (χ0) is 22.6. The third-order valence-electron chi connectivity index (χ3n) is 6.14. The average molecular weight is 437 g/mol. The van der Waals surface area contributed by atoms with Gasteiger partial charge in [0.05, 0.1) is 12.1 Å². The van der Waals surface area contributed by atoms with Crippen LogP contribution in [0.25, 0.3) is 11.1 Å². The van der Waals surface area contributed by atoms with Gasteiger partial charge in [-0.25, -0.2) is 0 Å². The largest absolute Gasteiger partial charge is 0.492 e. The highest BCUT2D eigenvalue weighted by atomic mass is 16.5. The van der Waals surface area contributed by atoms with Crippen LogP contribution >= 0.6 is 0 Å². The van der Waals surface area contributed by atoms with Gasteiger partial charge in [-0.1, -0.05) is 72.8 Å². The standard InChI is InChI=1S/C29H28N2O2/c30-28(20-7-3-1-4-8-20)18-32-24-11-13-26-22(16-24)15-23-17-25(12-14-27(23)26)33-19-29(31)21-9-5-2-6-10-21/h1-14,16-17,28-29H,15,18-19,30-31H2. The third kappa shape index (κ3) is 4.77. The lowest BCUT2D eigenvalue weighted by molar-refractivity contribution is 0.290. The second-order valence-electron chi connectivity index (χ2n) is 8.47. The zero-order valence-electron chi connectivity index (χ0n) is 18.5. The summed E-state index contributed by atoms with van der Waals surface area (Å²) < 4.78 is 12.0. The van der Waals surface area contributed by atoms with Crippen molar-refractivity contribution in [2.24, 2.45) is 11.5 Å². The van der Waals surface area contributed by atoms with Crippen molar-refractivity contribution >= 4 is 0 Å². The van der Waals surface area contributed by atoms with Gasteiger partial charge in [-0.3, -0.25) is 0 Å². The van der Waals surface area contributed by atoms with Crippen molar-refractivity contribution in [1.29, 1.82) is 0 Å². The first-order valence-corrected chi connectivity index (χ1v) is 11.3. The van der Waals surface area contributed by atoms with E-state index in [1.165, 1.54) is 22.3 Å². The lowest BCUT2D eigenvalue weighted by atomic mass is 10.1. The molecule has 0 saturated carbocycles. The molecular weight excluding hydrogens is 408 g/mol. The van der Waals surface area contributed by atoms with Crippen LogP contribution in [0, 0.1) is 0 Å². The second kappa shape index (κ2) is 9.49. The lowest BCUT2D eigenvalue weighted by Crippen LogP contribution is -2.18. The van der Waals surface area contributed by atoms with Crippen LogP contribution in [0.15, 0.2) is 97.1 Å². The number of fused-ring (bicyclic) bond motifs is 3. The molecule has 4 N–H and O–H groups in total. The SMILES string of the molecule is NC(COc1ccc2c(c1)Cc1cc(OCC(N)c3ccccc3)ccc1-2)c1ccccc1. The molecule has 166 valence electrons. The van der Waals surface area contributed by atoms with Crippen LogP contribution in [0.2, 0.25) is 0 Å². The number of ether oxygens (including phenoxy) is 2. The lowest BCUT2D eigenvalue weighted by Gasteiger charge is -2.14. The Hall–Kier alpha value is -3.60. The van der Waals surface area contributed by atoms with Crippen molar-refractivity contribution in [3.05, 3.63) is 119 Å². The molecule has 0 bridgehead atoms. The van der Waals surface area contributed by atoms with Gasteiger partial charge in [0.15, 0.2) is 0 Å². The first-order valence-electron chi connectivity index (χ1n) is 11.3. The van der Waals surface area contributed by atoms with E-state index < -0.39 is 0 Å². The van der Waals surface area contributed by atoms with Crippen molar-refractivity contribution in [3.8, 4) is 22.6 Å². The van der Waals surface area contributed by atoms with E-state index in [2.05, 4.69) is 24.3 Å². The molecule has 0 fully saturated rings. The maximum atomic E-state index is 6.28. The van der Waals surface area contributed by atoms with Gasteiger partial charge in [-0.2, -0.15) is 0 Å². The van der Waals surface area contributed by atoms with Gasteiger partial charge < -0.3 is 20.9 Å². The monoisotopic (exact) mass is 436 g/mol. The van der Waals surface area contributed by atoms with Crippen LogP contribution < -0.4 is 20.9 Å². The number of hydrogen-bond acceptors (Lipinski definition) is 4. The summed E-state index contributed by atoms with van der Waals surface area (Å²) in [5, 5.41) is 0. The Bertz CT molecular complexity index is 1130. The number of nitrogens with two attached hydrogens (primary N) is 2. The minimum atomic E-state index is -0.154. The Kier molecular flexibility index (Phi) is 6.11. The molecule has 0 saturated heterocycles. The molecule has 4 nitrogen and oxygen atoms in total. The van der Waals surface area contributed by atoms with Gasteiger partial charge in [-0.05, 0) is 64.1 Å². The molecule has 0 spiro atoms. The number of rotatable bonds is 8. The van der Waals surface area contributed by atoms with Gasteiger partial charge in [-0.15, -0.1) is 0 Å². The molecule has 4 heteroatoms. The molecule has 33 heavy (non-hydrogen) atoms. The average Bonchev–Trinajstić information content (AvgIpc) is 3.23. The van der Waals surface area contributed by atoms with E-state index in [-0.39, 0.29) is 12.1 Å². The van der Waals surface area contributed by atoms with Crippen LogP contribution in [-0.4, -0.2) is 13.2 Å². The van der Waals surface area contributed by atoms with Gasteiger partial charge in [0, 0.05) is 0 Å². The van der Waals surface area contributed by atoms with E-state index in [0.717, 1.165) is 29.0 Å². The maximum Gasteiger partial charge on any atom is 0.119 e. The van der Waals surface area contributed by atoms with Gasteiger partial charge in [0.25, 0.3) is 0 Å². The van der Waals surface area contributed by atoms with E-state index in [0.29, 0.717) is 13.2 Å². The minimum absolute atomic E-state index is 0.154. The summed E-state index contributed by atoms with van der Waals surface area (Å²) in [7, 11) is 0. The molecule has 1 aliphatic rings. The normalized spacial score (nSPS) is 13.6. The summed E-state index contributed by atoms with van der Waals surface area (Å²) in [6, 6.07) is 32.3. The summed E-state index contributed by atoms with van der Waals surface area (Å²) >= 11 is 0. The summed E-state index contributed by atoms with van der Waals surface area (Å²) in [6.07, 6.45) is 0.856. The van der Waals surface area contributed by atoms with Crippen molar-refractivity contribution < 1.29 is 9.47 Å². The topological polar surface area (TPSA) is 70.5 Å². The maximum absolute atomic E-state index is 6.28. The van der Waals surface area contributed by atoms with Crippen LogP contribution in [0.4, 0.5) is 0 Å². The van der Waals surface area contributed by atoms with Crippen LogP contribution in [0.5, 0.6) is 11.5 Å². The van der Waals surface area contributed by atoms with Crippen molar-refractivity contribution in [3.63, 3.8) is 0 Å². The zero-order valence-corrected chi connectivity index (χ0v) is 18.5. The molecule has 0 aromatic heterocycles. The van der Waals surface area contributed by atoms with E-state index >= 15 is 0 Å². The Morgan fingerprint density at radius 3 is 1.42 bits per heavy atom. The molecule has 1 aliphatic carbocycles. The van der Waals surface area contributed by atoms with Crippen LogP contribution in [0.1, 0.15) is 34.3 Å². The predicted octanol–water partition coefficient (Wildman–Crippen LogP) is 5.42. The van der Waals surface area contributed by atoms with E-state index in [4.69, 9.17) is 20.9 Å². The molecule has 0 aliphatic heterocycles. The first-order chi connectivity index (χ1) is 16.2.